The van der Waals surface area contributed by atoms with Gasteiger partial charge in [0.2, 0.25) is 0 Å². The molecule has 3 nitrogen and oxygen atoms in total. The molecule has 1 aliphatic heterocycles. The predicted molar refractivity (Wildman–Crippen MR) is 40.0 cm³/mol. The van der Waals surface area contributed by atoms with Crippen molar-refractivity contribution in [3.8, 4) is 0 Å². The van der Waals surface area contributed by atoms with Gasteiger partial charge >= 0.3 is 0 Å². The highest BCUT2D eigenvalue weighted by Crippen LogP contribution is 2.03. The van der Waals surface area contributed by atoms with E-state index in [4.69, 9.17) is 9.47 Å². The van der Waals surface area contributed by atoms with Crippen molar-refractivity contribution in [1.82, 2.24) is 0 Å². The molecule has 60 valence electrons. The van der Waals surface area contributed by atoms with E-state index in [-0.39, 0.29) is 18.7 Å². The van der Waals surface area contributed by atoms with Crippen LogP contribution in [0, 0.1) is 0 Å². The second kappa shape index (κ2) is 4.05. The number of hydrogen-bond acceptors (Lipinski definition) is 3. The van der Waals surface area contributed by atoms with Crippen LogP contribution in [0.5, 0.6) is 0 Å². The van der Waals surface area contributed by atoms with Gasteiger partial charge in [0.15, 0.2) is 12.1 Å². The van der Waals surface area contributed by atoms with Crippen LogP contribution in [0.25, 0.3) is 0 Å². The lowest BCUT2D eigenvalue weighted by Gasteiger charge is -2.15. The van der Waals surface area contributed by atoms with Crippen molar-refractivity contribution in [3.63, 3.8) is 0 Å². The summed E-state index contributed by atoms with van der Waals surface area (Å²) in [6.45, 7) is 4.03. The summed E-state index contributed by atoms with van der Waals surface area (Å²) in [5, 5.41) is 0. The SMILES string of the molecule is C=CCOC1C=CC(=O)CO1. The molecule has 0 fully saturated rings. The molecule has 1 atom stereocenters. The van der Waals surface area contributed by atoms with E-state index in [0.29, 0.717) is 6.61 Å². The van der Waals surface area contributed by atoms with Crippen molar-refractivity contribution >= 4 is 5.78 Å². The molecule has 1 heterocycles. The molecule has 1 aliphatic rings. The largest absolute Gasteiger partial charge is 0.345 e. The molecule has 0 saturated heterocycles. The summed E-state index contributed by atoms with van der Waals surface area (Å²) in [6, 6.07) is 0. The first kappa shape index (κ1) is 8.17. The molecule has 0 aromatic heterocycles. The van der Waals surface area contributed by atoms with Gasteiger partial charge in [-0.1, -0.05) is 6.08 Å². The Bertz CT molecular complexity index is 184. The van der Waals surface area contributed by atoms with Gasteiger partial charge in [-0.2, -0.15) is 0 Å². The van der Waals surface area contributed by atoms with E-state index in [1.165, 1.54) is 6.08 Å². The van der Waals surface area contributed by atoms with Crippen molar-refractivity contribution in [1.29, 1.82) is 0 Å². The maximum atomic E-state index is 10.6. The zero-order chi connectivity index (χ0) is 8.10. The van der Waals surface area contributed by atoms with Crippen LogP contribution in [0.2, 0.25) is 0 Å². The summed E-state index contributed by atoms with van der Waals surface area (Å²) >= 11 is 0. The van der Waals surface area contributed by atoms with Crippen LogP contribution in [0.3, 0.4) is 0 Å². The molecule has 0 aromatic carbocycles. The van der Waals surface area contributed by atoms with Crippen LogP contribution in [-0.4, -0.2) is 25.3 Å². The fourth-order valence-electron chi connectivity index (χ4n) is 0.720. The number of carbonyl (C=O) groups is 1. The maximum Gasteiger partial charge on any atom is 0.181 e. The van der Waals surface area contributed by atoms with E-state index in [9.17, 15) is 4.79 Å². The Hall–Kier alpha value is -0.930. The summed E-state index contributed by atoms with van der Waals surface area (Å²) in [7, 11) is 0. The zero-order valence-corrected chi connectivity index (χ0v) is 6.16. The van der Waals surface area contributed by atoms with E-state index >= 15 is 0 Å². The van der Waals surface area contributed by atoms with Gasteiger partial charge < -0.3 is 9.47 Å². The highest BCUT2D eigenvalue weighted by molar-refractivity contribution is 5.91. The third kappa shape index (κ3) is 2.65. The van der Waals surface area contributed by atoms with Crippen LogP contribution in [0.1, 0.15) is 0 Å². The monoisotopic (exact) mass is 154 g/mol. The third-order valence-electron chi connectivity index (χ3n) is 1.21. The first-order valence-electron chi connectivity index (χ1n) is 3.38. The second-order valence-corrected chi connectivity index (χ2v) is 2.13. The molecular formula is C8H10O3. The average molecular weight is 154 g/mol. The number of ketones is 1. The van der Waals surface area contributed by atoms with Gasteiger partial charge in [0.1, 0.15) is 6.61 Å². The Kier molecular flexibility index (Phi) is 3.01. The minimum absolute atomic E-state index is 0.0246. The van der Waals surface area contributed by atoms with Gasteiger partial charge in [0.25, 0.3) is 0 Å². The smallest absolute Gasteiger partial charge is 0.181 e. The molecule has 0 amide bonds. The average Bonchev–Trinajstić information content (AvgIpc) is 2.04. The van der Waals surface area contributed by atoms with Crippen molar-refractivity contribution < 1.29 is 14.3 Å². The first-order valence-corrected chi connectivity index (χ1v) is 3.38. The van der Waals surface area contributed by atoms with Crippen molar-refractivity contribution in [2.24, 2.45) is 0 Å². The van der Waals surface area contributed by atoms with Crippen LogP contribution >= 0.6 is 0 Å². The summed E-state index contributed by atoms with van der Waals surface area (Å²) in [6.07, 6.45) is 4.31. The molecule has 0 radical (unpaired) electrons. The van der Waals surface area contributed by atoms with E-state index in [1.54, 1.807) is 12.2 Å². The Morgan fingerprint density at radius 3 is 3.27 bits per heavy atom. The molecule has 0 aliphatic carbocycles. The third-order valence-corrected chi connectivity index (χ3v) is 1.21. The Labute approximate surface area is 65.3 Å². The molecule has 0 spiro atoms. The number of ether oxygens (including phenoxy) is 2. The minimum Gasteiger partial charge on any atom is -0.345 e. The zero-order valence-electron chi connectivity index (χ0n) is 6.16. The van der Waals surface area contributed by atoms with Crippen molar-refractivity contribution in [3.05, 3.63) is 24.8 Å². The second-order valence-electron chi connectivity index (χ2n) is 2.13. The highest BCUT2D eigenvalue weighted by Gasteiger charge is 2.11. The molecule has 1 rings (SSSR count). The molecule has 0 N–H and O–H groups in total. The number of carbonyl (C=O) groups excluding carboxylic acids is 1. The molecule has 0 aromatic rings. The standard InChI is InChI=1S/C8H10O3/c1-2-5-10-8-4-3-7(9)6-11-8/h2-4,8H,1,5-6H2. The number of rotatable bonds is 3. The van der Waals surface area contributed by atoms with Crippen molar-refractivity contribution in [2.45, 2.75) is 6.29 Å². The lowest BCUT2D eigenvalue weighted by atomic mass is 10.3. The summed E-state index contributed by atoms with van der Waals surface area (Å²) in [4.78, 5) is 10.6. The molecule has 0 bridgehead atoms. The van der Waals surface area contributed by atoms with E-state index in [1.807, 2.05) is 0 Å². The highest BCUT2D eigenvalue weighted by atomic mass is 16.7. The quantitative estimate of drug-likeness (QED) is 0.560. The first-order chi connectivity index (χ1) is 5.33. The van der Waals surface area contributed by atoms with Gasteiger partial charge in [-0.3, -0.25) is 4.79 Å². The van der Waals surface area contributed by atoms with E-state index < -0.39 is 0 Å². The lowest BCUT2D eigenvalue weighted by Crippen LogP contribution is -2.23. The van der Waals surface area contributed by atoms with Gasteiger partial charge in [-0.05, 0) is 12.2 Å². The van der Waals surface area contributed by atoms with Gasteiger partial charge in [-0.25, -0.2) is 0 Å². The minimum atomic E-state index is -0.384. The Balaban J connectivity index is 2.31. The van der Waals surface area contributed by atoms with Gasteiger partial charge in [0.05, 0.1) is 6.61 Å². The van der Waals surface area contributed by atoms with Crippen LogP contribution in [-0.2, 0) is 14.3 Å². The van der Waals surface area contributed by atoms with Crippen LogP contribution in [0.4, 0.5) is 0 Å². The van der Waals surface area contributed by atoms with E-state index in [0.717, 1.165) is 0 Å². The molecule has 11 heavy (non-hydrogen) atoms. The Morgan fingerprint density at radius 2 is 2.73 bits per heavy atom. The topological polar surface area (TPSA) is 35.5 Å². The normalized spacial score (nSPS) is 23.6. The van der Waals surface area contributed by atoms with Crippen LogP contribution < -0.4 is 0 Å². The summed E-state index contributed by atoms with van der Waals surface area (Å²) < 4.78 is 10.1. The predicted octanol–water partition coefficient (Wildman–Crippen LogP) is 0.671. The van der Waals surface area contributed by atoms with Crippen LogP contribution in [0.15, 0.2) is 24.8 Å². The lowest BCUT2D eigenvalue weighted by molar-refractivity contribution is -0.139. The molecule has 0 saturated carbocycles. The molecule has 3 heteroatoms. The van der Waals surface area contributed by atoms with Gasteiger partial charge in [-0.15, -0.1) is 6.58 Å². The molecule has 1 unspecified atom stereocenters. The maximum absolute atomic E-state index is 10.6. The number of hydrogen-bond donors (Lipinski definition) is 0. The summed E-state index contributed by atoms with van der Waals surface area (Å²) in [5.41, 5.74) is 0. The Morgan fingerprint density at radius 1 is 1.91 bits per heavy atom. The van der Waals surface area contributed by atoms with Crippen molar-refractivity contribution in [2.75, 3.05) is 13.2 Å². The summed E-state index contributed by atoms with van der Waals surface area (Å²) in [5.74, 6) is -0.0246. The molecular weight excluding hydrogens is 144 g/mol. The fraction of sp³-hybridized carbons (Fsp3) is 0.375. The fourth-order valence-corrected chi connectivity index (χ4v) is 0.720. The van der Waals surface area contributed by atoms with E-state index in [2.05, 4.69) is 6.58 Å². The van der Waals surface area contributed by atoms with Gasteiger partial charge in [0, 0.05) is 0 Å².